The number of benzene rings is 1. The molecule has 2 aromatic rings. The number of para-hydroxylation sites is 1. The molecule has 2 atom stereocenters. The van der Waals surface area contributed by atoms with E-state index in [1.54, 1.807) is 4.57 Å². The molecule has 2 heterocycles. The molecule has 1 aliphatic carbocycles. The van der Waals surface area contributed by atoms with E-state index in [2.05, 4.69) is 0 Å². The lowest BCUT2D eigenvalue weighted by molar-refractivity contribution is -0.131. The first-order valence-corrected chi connectivity index (χ1v) is 11.4. The fraction of sp³-hybridized carbons (Fsp3) is 0.591. The van der Waals surface area contributed by atoms with E-state index in [0.29, 0.717) is 27.7 Å². The van der Waals surface area contributed by atoms with Crippen molar-refractivity contribution in [1.82, 2.24) is 14.5 Å². The third kappa shape index (κ3) is 3.84. The van der Waals surface area contributed by atoms with Crippen molar-refractivity contribution in [3.05, 3.63) is 34.6 Å². The number of likely N-dealkylation sites (tertiary alicyclic amines) is 1. The maximum absolute atomic E-state index is 12.9. The minimum atomic E-state index is -0.0291. The van der Waals surface area contributed by atoms with Gasteiger partial charge in [0.1, 0.15) is 0 Å². The van der Waals surface area contributed by atoms with Gasteiger partial charge >= 0.3 is 0 Å². The molecule has 5 nitrogen and oxygen atoms in total. The summed E-state index contributed by atoms with van der Waals surface area (Å²) in [7, 11) is 0. The monoisotopic (exact) mass is 399 g/mol. The zero-order valence-electron chi connectivity index (χ0n) is 16.8. The SMILES string of the molecule is CC(C)n1c(SCC(=O)N2CC[C@H]3CCCC[C@@H]3C2)nc2ccccc2c1=O. The molecule has 0 spiro atoms. The predicted octanol–water partition coefficient (Wildman–Crippen LogP) is 4.11. The third-order valence-electron chi connectivity index (χ3n) is 6.26. The third-order valence-corrected chi connectivity index (χ3v) is 7.20. The van der Waals surface area contributed by atoms with Crippen LogP contribution in [0.2, 0.25) is 0 Å². The molecule has 2 aliphatic rings. The van der Waals surface area contributed by atoms with E-state index in [4.69, 9.17) is 4.98 Å². The van der Waals surface area contributed by atoms with Crippen LogP contribution in [0.1, 0.15) is 52.0 Å². The van der Waals surface area contributed by atoms with Crippen LogP contribution >= 0.6 is 11.8 Å². The first kappa shape index (κ1) is 19.5. The molecule has 2 fully saturated rings. The number of hydrogen-bond acceptors (Lipinski definition) is 4. The summed E-state index contributed by atoms with van der Waals surface area (Å²) in [6, 6.07) is 7.43. The van der Waals surface area contributed by atoms with Gasteiger partial charge in [0, 0.05) is 19.1 Å². The Bertz CT molecular complexity index is 924. The minimum absolute atomic E-state index is 0.000178. The Morgan fingerprint density at radius 2 is 1.93 bits per heavy atom. The predicted molar refractivity (Wildman–Crippen MR) is 114 cm³/mol. The number of hydrogen-bond donors (Lipinski definition) is 0. The summed E-state index contributed by atoms with van der Waals surface area (Å²) in [5.41, 5.74) is 0.668. The Kier molecular flexibility index (Phi) is 5.76. The number of carbonyl (C=O) groups excluding carboxylic acids is 1. The highest BCUT2D eigenvalue weighted by Crippen LogP contribution is 2.36. The molecular formula is C22H29N3O2S. The topological polar surface area (TPSA) is 55.2 Å². The van der Waals surface area contributed by atoms with Crippen LogP contribution in [0, 0.1) is 11.8 Å². The Hall–Kier alpha value is -1.82. The van der Waals surface area contributed by atoms with Crippen LogP contribution in [0.3, 0.4) is 0 Å². The second-order valence-corrected chi connectivity index (χ2v) is 9.34. The van der Waals surface area contributed by atoms with Gasteiger partial charge in [-0.05, 0) is 50.7 Å². The zero-order chi connectivity index (χ0) is 19.7. The smallest absolute Gasteiger partial charge is 0.262 e. The van der Waals surface area contributed by atoms with Crippen molar-refractivity contribution in [1.29, 1.82) is 0 Å². The molecule has 1 aromatic heterocycles. The number of piperidine rings is 1. The van der Waals surface area contributed by atoms with Gasteiger partial charge in [0.25, 0.3) is 5.56 Å². The summed E-state index contributed by atoms with van der Waals surface area (Å²) in [6.07, 6.45) is 6.40. The molecule has 0 unspecified atom stereocenters. The molecule has 1 saturated heterocycles. The number of thioether (sulfide) groups is 1. The maximum atomic E-state index is 12.9. The van der Waals surface area contributed by atoms with Crippen LogP contribution in [-0.4, -0.2) is 39.2 Å². The lowest BCUT2D eigenvalue weighted by Gasteiger charge is -2.41. The first-order valence-electron chi connectivity index (χ1n) is 10.5. The molecule has 1 aliphatic heterocycles. The van der Waals surface area contributed by atoms with Crippen LogP contribution < -0.4 is 5.56 Å². The van der Waals surface area contributed by atoms with E-state index in [1.165, 1.54) is 37.4 Å². The summed E-state index contributed by atoms with van der Waals surface area (Å²) < 4.78 is 1.72. The van der Waals surface area contributed by atoms with Crippen molar-refractivity contribution in [2.45, 2.75) is 57.1 Å². The largest absolute Gasteiger partial charge is 0.342 e. The lowest BCUT2D eigenvalue weighted by atomic mass is 9.75. The summed E-state index contributed by atoms with van der Waals surface area (Å²) in [5, 5.41) is 1.27. The van der Waals surface area contributed by atoms with Crippen molar-refractivity contribution in [2.24, 2.45) is 11.8 Å². The van der Waals surface area contributed by atoms with Gasteiger partial charge in [-0.15, -0.1) is 0 Å². The molecule has 1 aromatic carbocycles. The number of amides is 1. The van der Waals surface area contributed by atoms with Gasteiger partial charge < -0.3 is 4.90 Å². The van der Waals surface area contributed by atoms with Gasteiger partial charge in [-0.25, -0.2) is 4.98 Å². The van der Waals surface area contributed by atoms with Crippen molar-refractivity contribution < 1.29 is 4.79 Å². The highest BCUT2D eigenvalue weighted by atomic mass is 32.2. The molecule has 0 radical (unpaired) electrons. The molecule has 1 amide bonds. The van der Waals surface area contributed by atoms with Gasteiger partial charge in [-0.1, -0.05) is 43.2 Å². The van der Waals surface area contributed by atoms with E-state index in [9.17, 15) is 9.59 Å². The van der Waals surface area contributed by atoms with Crippen LogP contribution in [-0.2, 0) is 4.79 Å². The minimum Gasteiger partial charge on any atom is -0.342 e. The van der Waals surface area contributed by atoms with Crippen molar-refractivity contribution >= 4 is 28.6 Å². The maximum Gasteiger partial charge on any atom is 0.262 e. The molecule has 1 saturated carbocycles. The van der Waals surface area contributed by atoms with Gasteiger partial charge in [0.2, 0.25) is 5.91 Å². The second-order valence-electron chi connectivity index (χ2n) is 8.40. The van der Waals surface area contributed by atoms with Gasteiger partial charge in [0.15, 0.2) is 5.16 Å². The summed E-state index contributed by atoms with van der Waals surface area (Å²) >= 11 is 1.40. The lowest BCUT2D eigenvalue weighted by Crippen LogP contribution is -2.45. The van der Waals surface area contributed by atoms with E-state index < -0.39 is 0 Å². The highest BCUT2D eigenvalue weighted by molar-refractivity contribution is 7.99. The molecule has 0 N–H and O–H groups in total. The van der Waals surface area contributed by atoms with Gasteiger partial charge in [-0.2, -0.15) is 0 Å². The average molecular weight is 400 g/mol. The Labute approximate surface area is 170 Å². The number of rotatable bonds is 4. The first-order chi connectivity index (χ1) is 13.5. The van der Waals surface area contributed by atoms with Crippen molar-refractivity contribution in [3.8, 4) is 0 Å². The fourth-order valence-corrected chi connectivity index (χ4v) is 5.76. The van der Waals surface area contributed by atoms with E-state index in [-0.39, 0.29) is 17.5 Å². The number of nitrogens with zero attached hydrogens (tertiary/aromatic N) is 3. The number of carbonyl (C=O) groups is 1. The average Bonchev–Trinajstić information content (AvgIpc) is 2.71. The second kappa shape index (κ2) is 8.27. The van der Waals surface area contributed by atoms with E-state index in [1.807, 2.05) is 43.0 Å². The summed E-state index contributed by atoms with van der Waals surface area (Å²) in [6.45, 7) is 5.75. The van der Waals surface area contributed by atoms with E-state index >= 15 is 0 Å². The molecule has 6 heteroatoms. The molecule has 0 bridgehead atoms. The van der Waals surface area contributed by atoms with Gasteiger partial charge in [0.05, 0.1) is 16.7 Å². The Morgan fingerprint density at radius 1 is 1.18 bits per heavy atom. The molecule has 28 heavy (non-hydrogen) atoms. The summed E-state index contributed by atoms with van der Waals surface area (Å²) in [5.74, 6) is 2.02. The van der Waals surface area contributed by atoms with Crippen LogP contribution in [0.15, 0.2) is 34.2 Å². The van der Waals surface area contributed by atoms with Crippen LogP contribution in [0.4, 0.5) is 0 Å². The Balaban J connectivity index is 1.50. The van der Waals surface area contributed by atoms with Gasteiger partial charge in [-0.3, -0.25) is 14.2 Å². The fourth-order valence-electron chi connectivity index (χ4n) is 4.73. The van der Waals surface area contributed by atoms with Crippen molar-refractivity contribution in [3.63, 3.8) is 0 Å². The zero-order valence-corrected chi connectivity index (χ0v) is 17.6. The number of fused-ring (bicyclic) bond motifs is 2. The highest BCUT2D eigenvalue weighted by Gasteiger charge is 2.32. The quantitative estimate of drug-likeness (QED) is 0.573. The van der Waals surface area contributed by atoms with Crippen LogP contribution in [0.25, 0.3) is 10.9 Å². The molecule has 150 valence electrons. The Morgan fingerprint density at radius 3 is 2.71 bits per heavy atom. The van der Waals surface area contributed by atoms with Crippen molar-refractivity contribution in [2.75, 3.05) is 18.8 Å². The summed E-state index contributed by atoms with van der Waals surface area (Å²) in [4.78, 5) is 32.5. The number of aromatic nitrogens is 2. The molecular weight excluding hydrogens is 370 g/mol. The standard InChI is InChI=1S/C22H29N3O2S/c1-15(2)25-21(27)18-9-5-6-10-19(18)23-22(25)28-14-20(26)24-12-11-16-7-3-4-8-17(16)13-24/h5-6,9-10,15-17H,3-4,7-8,11-14H2,1-2H3/t16-,17-/m1/s1. The normalized spacial score (nSPS) is 22.5. The molecule has 4 rings (SSSR count). The van der Waals surface area contributed by atoms with Crippen LogP contribution in [0.5, 0.6) is 0 Å². The van der Waals surface area contributed by atoms with E-state index in [0.717, 1.165) is 25.4 Å².